The molecule has 4 aromatic rings. The van der Waals surface area contributed by atoms with E-state index in [-0.39, 0.29) is 11.0 Å². The van der Waals surface area contributed by atoms with Gasteiger partial charge in [-0.05, 0) is 46.7 Å². The Bertz CT molecular complexity index is 1530. The lowest BCUT2D eigenvalue weighted by Gasteiger charge is -2.22. The van der Waals surface area contributed by atoms with E-state index in [9.17, 15) is 9.59 Å². The number of rotatable bonds is 7. The Morgan fingerprint density at radius 1 is 0.974 bits per heavy atom. The number of methoxy groups -OCH3 is 1. The number of benzene rings is 3. The molecule has 0 aliphatic heterocycles. The van der Waals surface area contributed by atoms with Gasteiger partial charge in [0, 0.05) is 36.9 Å². The summed E-state index contributed by atoms with van der Waals surface area (Å²) >= 11 is 0. The van der Waals surface area contributed by atoms with E-state index < -0.39 is 11.7 Å². The lowest BCUT2D eigenvalue weighted by atomic mass is 9.86. The van der Waals surface area contributed by atoms with E-state index in [0.717, 1.165) is 16.6 Å². The van der Waals surface area contributed by atoms with E-state index in [0.29, 0.717) is 34.3 Å². The van der Waals surface area contributed by atoms with Gasteiger partial charge in [-0.1, -0.05) is 45.0 Å². The molecule has 4 N–H and O–H groups in total. The van der Waals surface area contributed by atoms with Crippen LogP contribution < -0.4 is 26.0 Å². The van der Waals surface area contributed by atoms with Gasteiger partial charge in [0.2, 0.25) is 5.95 Å². The summed E-state index contributed by atoms with van der Waals surface area (Å²) in [5.41, 5.74) is 8.62. The number of nitrogen functional groups attached to an aromatic ring is 1. The van der Waals surface area contributed by atoms with Crippen molar-refractivity contribution in [3.05, 3.63) is 71.9 Å². The van der Waals surface area contributed by atoms with Crippen molar-refractivity contribution >= 4 is 51.3 Å². The van der Waals surface area contributed by atoms with Gasteiger partial charge >= 0.3 is 0 Å². The molecule has 0 aliphatic carbocycles. The van der Waals surface area contributed by atoms with Crippen LogP contribution in [0.3, 0.4) is 0 Å². The number of aromatic nitrogens is 2. The number of nitrogens with two attached hydrogens (primary N) is 1. The first kappa shape index (κ1) is 26.4. The first-order chi connectivity index (χ1) is 18.0. The van der Waals surface area contributed by atoms with E-state index in [1.54, 1.807) is 30.5 Å². The van der Waals surface area contributed by atoms with Crippen LogP contribution in [0.15, 0.2) is 60.8 Å². The number of fused-ring (bicyclic) bond motifs is 1. The smallest absolute Gasteiger partial charge is 0.296 e. The Kier molecular flexibility index (Phi) is 7.21. The fraction of sp³-hybridized carbons (Fsp3) is 0.241. The predicted molar refractivity (Wildman–Crippen MR) is 153 cm³/mol. The molecule has 38 heavy (non-hydrogen) atoms. The standard InChI is InChI=1S/C29H32N6O3/c1-29(2,3)17-15-21(30)26(38-6)23(16-17)33-27(37)25(36)20-11-12-22(19-10-8-7-9-18(19)20)32-24-13-14-31-28(34-24)35(4)5/h7-16H,30H2,1-6H3,(H,33,37)(H,31,32,34). The van der Waals surface area contributed by atoms with Crippen molar-refractivity contribution < 1.29 is 14.3 Å². The Hall–Kier alpha value is -4.66. The number of hydrogen-bond acceptors (Lipinski definition) is 8. The van der Waals surface area contributed by atoms with Crippen molar-refractivity contribution in [1.29, 1.82) is 0 Å². The maximum absolute atomic E-state index is 13.4. The number of amides is 1. The molecule has 0 atom stereocenters. The molecular formula is C29H32N6O3. The van der Waals surface area contributed by atoms with Crippen LogP contribution in [0.5, 0.6) is 5.75 Å². The molecule has 196 valence electrons. The Labute approximate surface area is 222 Å². The minimum absolute atomic E-state index is 0.222. The van der Waals surface area contributed by atoms with E-state index in [4.69, 9.17) is 10.5 Å². The molecule has 0 radical (unpaired) electrons. The quantitative estimate of drug-likeness (QED) is 0.177. The number of Topliss-reactive ketones (excluding diaryl/α,β-unsaturated/α-hetero) is 1. The number of carbonyl (C=O) groups is 2. The van der Waals surface area contributed by atoms with Crippen molar-refractivity contribution in [1.82, 2.24) is 9.97 Å². The van der Waals surface area contributed by atoms with E-state index in [1.807, 2.05) is 70.1 Å². The van der Waals surface area contributed by atoms with Gasteiger partial charge in [-0.3, -0.25) is 9.59 Å². The molecule has 4 rings (SSSR count). The van der Waals surface area contributed by atoms with Crippen LogP contribution in [-0.2, 0) is 10.2 Å². The minimum Gasteiger partial charge on any atom is -0.492 e. The molecule has 1 amide bonds. The average molecular weight is 513 g/mol. The summed E-state index contributed by atoms with van der Waals surface area (Å²) in [5.74, 6) is 0.0199. The Morgan fingerprint density at radius 2 is 1.68 bits per heavy atom. The van der Waals surface area contributed by atoms with Crippen LogP contribution in [0, 0.1) is 0 Å². The Morgan fingerprint density at radius 3 is 2.34 bits per heavy atom. The number of anilines is 5. The number of nitrogens with one attached hydrogen (secondary N) is 2. The second-order valence-corrected chi connectivity index (χ2v) is 10.1. The van der Waals surface area contributed by atoms with Crippen molar-refractivity contribution in [2.24, 2.45) is 0 Å². The van der Waals surface area contributed by atoms with Crippen molar-refractivity contribution in [3.8, 4) is 5.75 Å². The minimum atomic E-state index is -0.786. The van der Waals surface area contributed by atoms with Gasteiger partial charge in [-0.15, -0.1) is 0 Å². The number of hydrogen-bond donors (Lipinski definition) is 3. The maximum atomic E-state index is 13.4. The zero-order chi connectivity index (χ0) is 27.6. The van der Waals surface area contributed by atoms with Gasteiger partial charge in [0.25, 0.3) is 11.7 Å². The fourth-order valence-electron chi connectivity index (χ4n) is 4.08. The lowest BCUT2D eigenvalue weighted by Crippen LogP contribution is -2.24. The second kappa shape index (κ2) is 10.4. The van der Waals surface area contributed by atoms with Gasteiger partial charge < -0.3 is 26.0 Å². The number of ketones is 1. The third kappa shape index (κ3) is 5.36. The number of ether oxygens (including phenoxy) is 1. The first-order valence-corrected chi connectivity index (χ1v) is 12.1. The molecule has 0 unspecified atom stereocenters. The van der Waals surface area contributed by atoms with E-state index in [2.05, 4.69) is 20.6 Å². The third-order valence-corrected chi connectivity index (χ3v) is 6.12. The van der Waals surface area contributed by atoms with Crippen molar-refractivity contribution in [2.45, 2.75) is 26.2 Å². The lowest BCUT2D eigenvalue weighted by molar-refractivity contribution is -0.112. The Balaban J connectivity index is 1.67. The molecule has 0 saturated carbocycles. The van der Waals surface area contributed by atoms with Crippen LogP contribution in [-0.4, -0.2) is 42.9 Å². The summed E-state index contributed by atoms with van der Waals surface area (Å²) in [6, 6.07) is 16.2. The predicted octanol–water partition coefficient (Wildman–Crippen LogP) is 5.15. The van der Waals surface area contributed by atoms with Gasteiger partial charge in [-0.2, -0.15) is 4.98 Å². The molecule has 0 fully saturated rings. The summed E-state index contributed by atoms with van der Waals surface area (Å²) in [6.07, 6.45) is 1.67. The van der Waals surface area contributed by atoms with Gasteiger partial charge in [-0.25, -0.2) is 4.98 Å². The van der Waals surface area contributed by atoms with Crippen LogP contribution in [0.2, 0.25) is 0 Å². The van der Waals surface area contributed by atoms with Crippen LogP contribution in [0.25, 0.3) is 10.8 Å². The van der Waals surface area contributed by atoms with Crippen molar-refractivity contribution in [3.63, 3.8) is 0 Å². The monoisotopic (exact) mass is 512 g/mol. The summed E-state index contributed by atoms with van der Waals surface area (Å²) in [5, 5.41) is 7.42. The average Bonchev–Trinajstić information content (AvgIpc) is 2.88. The molecule has 0 aliphatic rings. The highest BCUT2D eigenvalue weighted by atomic mass is 16.5. The van der Waals surface area contributed by atoms with Crippen LogP contribution in [0.4, 0.5) is 28.8 Å². The van der Waals surface area contributed by atoms with E-state index >= 15 is 0 Å². The first-order valence-electron chi connectivity index (χ1n) is 12.1. The van der Waals surface area contributed by atoms with Crippen LogP contribution in [0.1, 0.15) is 36.7 Å². The molecule has 3 aromatic carbocycles. The maximum Gasteiger partial charge on any atom is 0.296 e. The van der Waals surface area contributed by atoms with Gasteiger partial charge in [0.15, 0.2) is 5.75 Å². The molecule has 9 nitrogen and oxygen atoms in total. The highest BCUT2D eigenvalue weighted by Gasteiger charge is 2.24. The SMILES string of the molecule is COc1c(N)cc(C(C)(C)C)cc1NC(=O)C(=O)c1ccc(Nc2ccnc(N(C)C)n2)c2ccccc12. The second-order valence-electron chi connectivity index (χ2n) is 10.1. The summed E-state index contributed by atoms with van der Waals surface area (Å²) in [6.45, 7) is 6.11. The molecule has 1 heterocycles. The van der Waals surface area contributed by atoms with E-state index in [1.165, 1.54) is 7.11 Å². The largest absolute Gasteiger partial charge is 0.492 e. The number of nitrogens with zero attached hydrogens (tertiary/aromatic N) is 3. The molecular weight excluding hydrogens is 480 g/mol. The van der Waals surface area contributed by atoms with Crippen LogP contribution >= 0.6 is 0 Å². The summed E-state index contributed by atoms with van der Waals surface area (Å²) in [7, 11) is 5.20. The fourth-order valence-corrected chi connectivity index (χ4v) is 4.08. The zero-order valence-electron chi connectivity index (χ0n) is 22.4. The van der Waals surface area contributed by atoms with Gasteiger partial charge in [0.05, 0.1) is 18.5 Å². The highest BCUT2D eigenvalue weighted by molar-refractivity contribution is 6.48. The number of carbonyl (C=O) groups excluding carboxylic acids is 2. The summed E-state index contributed by atoms with van der Waals surface area (Å²) < 4.78 is 5.42. The normalized spacial score (nSPS) is 11.2. The third-order valence-electron chi connectivity index (χ3n) is 6.12. The molecule has 0 spiro atoms. The highest BCUT2D eigenvalue weighted by Crippen LogP contribution is 2.37. The molecule has 0 bridgehead atoms. The topological polar surface area (TPSA) is 122 Å². The van der Waals surface area contributed by atoms with Crippen molar-refractivity contribution in [2.75, 3.05) is 42.5 Å². The molecule has 0 saturated heterocycles. The van der Waals surface area contributed by atoms with Gasteiger partial charge in [0.1, 0.15) is 5.82 Å². The molecule has 9 heteroatoms. The molecule has 1 aromatic heterocycles. The zero-order valence-corrected chi connectivity index (χ0v) is 22.4. The summed E-state index contributed by atoms with van der Waals surface area (Å²) in [4.78, 5) is 37.1.